The molecule has 1 aliphatic carbocycles. The van der Waals surface area contributed by atoms with E-state index in [4.69, 9.17) is 0 Å². The van der Waals surface area contributed by atoms with Gasteiger partial charge in [-0.25, -0.2) is 0 Å². The van der Waals surface area contributed by atoms with E-state index in [-0.39, 0.29) is 0 Å². The highest BCUT2D eigenvalue weighted by Gasteiger charge is 2.47. The summed E-state index contributed by atoms with van der Waals surface area (Å²) in [6.07, 6.45) is 3.54. The van der Waals surface area contributed by atoms with E-state index in [0.717, 1.165) is 23.9 Å². The van der Waals surface area contributed by atoms with Crippen molar-refractivity contribution in [1.82, 2.24) is 4.90 Å². The first kappa shape index (κ1) is 10.8. The molecule has 2 aliphatic rings. The van der Waals surface area contributed by atoms with Crippen LogP contribution >= 0.6 is 11.3 Å². The highest BCUT2D eigenvalue weighted by atomic mass is 32.1. The second-order valence-electron chi connectivity index (χ2n) is 5.40. The molecule has 0 radical (unpaired) electrons. The molecule has 1 aromatic rings. The van der Waals surface area contributed by atoms with Crippen LogP contribution in [0.3, 0.4) is 0 Å². The van der Waals surface area contributed by atoms with Gasteiger partial charge in [-0.2, -0.15) is 0 Å². The lowest BCUT2D eigenvalue weighted by Gasteiger charge is -2.22. The Bertz CT molecular complexity index is 398. The maximum Gasteiger partial charge on any atom is 0.113 e. The summed E-state index contributed by atoms with van der Waals surface area (Å²) >= 11 is 1.74. The van der Waals surface area contributed by atoms with Gasteiger partial charge >= 0.3 is 0 Å². The average Bonchev–Trinajstić information content (AvgIpc) is 2.89. The maximum absolute atomic E-state index is 10.8. The van der Waals surface area contributed by atoms with Crippen LogP contribution < -0.4 is 0 Å². The largest absolute Gasteiger partial charge is 0.383 e. The molecule has 3 heteroatoms. The van der Waals surface area contributed by atoms with Crippen LogP contribution in [0.25, 0.3) is 0 Å². The van der Waals surface area contributed by atoms with E-state index in [1.807, 2.05) is 0 Å². The topological polar surface area (TPSA) is 23.5 Å². The van der Waals surface area contributed by atoms with Crippen LogP contribution in [-0.2, 0) is 5.60 Å². The summed E-state index contributed by atoms with van der Waals surface area (Å²) in [5.41, 5.74) is -0.582. The lowest BCUT2D eigenvalue weighted by Crippen LogP contribution is -2.32. The van der Waals surface area contributed by atoms with Crippen LogP contribution in [0, 0.1) is 6.92 Å². The van der Waals surface area contributed by atoms with Gasteiger partial charge in [-0.1, -0.05) is 0 Å². The number of rotatable bonds is 2. The van der Waals surface area contributed by atoms with Crippen molar-refractivity contribution in [3.05, 3.63) is 21.9 Å². The Morgan fingerprint density at radius 2 is 2.19 bits per heavy atom. The predicted octanol–water partition coefficient (Wildman–Crippen LogP) is 2.50. The molecule has 1 aromatic heterocycles. The Labute approximate surface area is 101 Å². The maximum atomic E-state index is 10.8. The first-order valence-electron chi connectivity index (χ1n) is 6.13. The van der Waals surface area contributed by atoms with E-state index in [1.54, 1.807) is 11.3 Å². The van der Waals surface area contributed by atoms with Crippen molar-refractivity contribution in [2.45, 2.75) is 50.8 Å². The normalized spacial score (nSPS) is 35.8. The van der Waals surface area contributed by atoms with Gasteiger partial charge in [0.05, 0.1) is 0 Å². The first-order chi connectivity index (χ1) is 7.58. The Hall–Kier alpha value is -0.380. The third-order valence-electron chi connectivity index (χ3n) is 3.86. The number of aliphatic hydroxyl groups is 1. The van der Waals surface area contributed by atoms with E-state index < -0.39 is 5.60 Å². The molecule has 0 amide bonds. The number of likely N-dealkylation sites (tertiary alicyclic amines) is 1. The Kier molecular flexibility index (Phi) is 2.39. The fourth-order valence-electron chi connectivity index (χ4n) is 2.89. The van der Waals surface area contributed by atoms with E-state index in [1.165, 1.54) is 17.7 Å². The van der Waals surface area contributed by atoms with Crippen molar-refractivity contribution in [3.8, 4) is 0 Å². The van der Waals surface area contributed by atoms with Crippen LogP contribution in [0.4, 0.5) is 0 Å². The average molecular weight is 237 g/mol. The van der Waals surface area contributed by atoms with Gasteiger partial charge in [0, 0.05) is 28.4 Å². The summed E-state index contributed by atoms with van der Waals surface area (Å²) in [5.74, 6) is 0. The lowest BCUT2D eigenvalue weighted by molar-refractivity contribution is 0.0488. The molecule has 1 N–H and O–H groups in total. The van der Waals surface area contributed by atoms with E-state index >= 15 is 0 Å². The number of nitrogens with zero attached hydrogens (tertiary/aromatic N) is 1. The zero-order valence-electron chi connectivity index (χ0n) is 9.94. The lowest BCUT2D eigenvalue weighted by atomic mass is 9.99. The zero-order valence-corrected chi connectivity index (χ0v) is 10.8. The van der Waals surface area contributed by atoms with E-state index in [0.29, 0.717) is 6.04 Å². The molecule has 2 unspecified atom stereocenters. The minimum Gasteiger partial charge on any atom is -0.383 e. The Balaban J connectivity index is 1.84. The molecule has 0 aromatic carbocycles. The van der Waals surface area contributed by atoms with Gasteiger partial charge in [0.15, 0.2) is 0 Å². The molecule has 1 saturated carbocycles. The SMILES string of the molecule is Cc1ccc(C2(O)CC(C)N(C3CC3)C2)s1. The molecule has 0 spiro atoms. The third-order valence-corrected chi connectivity index (χ3v) is 5.05. The Morgan fingerprint density at radius 1 is 1.44 bits per heavy atom. The molecule has 1 saturated heterocycles. The summed E-state index contributed by atoms with van der Waals surface area (Å²) in [7, 11) is 0. The van der Waals surface area contributed by atoms with Crippen LogP contribution in [0.5, 0.6) is 0 Å². The molecule has 88 valence electrons. The summed E-state index contributed by atoms with van der Waals surface area (Å²) in [5, 5.41) is 10.8. The molecule has 16 heavy (non-hydrogen) atoms. The summed E-state index contributed by atoms with van der Waals surface area (Å²) in [6.45, 7) is 5.18. The Morgan fingerprint density at radius 3 is 2.75 bits per heavy atom. The second-order valence-corrected chi connectivity index (χ2v) is 6.69. The molecule has 2 fully saturated rings. The van der Waals surface area contributed by atoms with Crippen LogP contribution in [0.15, 0.2) is 12.1 Å². The number of thiophene rings is 1. The van der Waals surface area contributed by atoms with Crippen LogP contribution in [0.2, 0.25) is 0 Å². The molecule has 2 nitrogen and oxygen atoms in total. The van der Waals surface area contributed by atoms with Crippen molar-refractivity contribution in [1.29, 1.82) is 0 Å². The number of hydrogen-bond acceptors (Lipinski definition) is 3. The molecular formula is C13H19NOS. The quantitative estimate of drug-likeness (QED) is 0.854. The smallest absolute Gasteiger partial charge is 0.113 e. The molecule has 2 heterocycles. The van der Waals surface area contributed by atoms with Gasteiger partial charge in [-0.05, 0) is 45.2 Å². The molecule has 3 rings (SSSR count). The van der Waals surface area contributed by atoms with Crippen LogP contribution in [-0.4, -0.2) is 28.6 Å². The van der Waals surface area contributed by atoms with Gasteiger partial charge in [0.1, 0.15) is 5.60 Å². The fraction of sp³-hybridized carbons (Fsp3) is 0.692. The summed E-state index contributed by atoms with van der Waals surface area (Å²) in [6, 6.07) is 5.50. The van der Waals surface area contributed by atoms with E-state index in [9.17, 15) is 5.11 Å². The van der Waals surface area contributed by atoms with Gasteiger partial charge < -0.3 is 5.11 Å². The monoisotopic (exact) mass is 237 g/mol. The van der Waals surface area contributed by atoms with Gasteiger partial charge in [0.2, 0.25) is 0 Å². The highest BCUT2D eigenvalue weighted by molar-refractivity contribution is 7.12. The number of aryl methyl sites for hydroxylation is 1. The minimum absolute atomic E-state index is 0.528. The van der Waals surface area contributed by atoms with E-state index in [2.05, 4.69) is 30.9 Å². The van der Waals surface area contributed by atoms with Gasteiger partial charge in [-0.3, -0.25) is 4.90 Å². The minimum atomic E-state index is -0.582. The summed E-state index contributed by atoms with van der Waals surface area (Å²) < 4.78 is 0. The zero-order chi connectivity index (χ0) is 11.3. The molecular weight excluding hydrogens is 218 g/mol. The highest BCUT2D eigenvalue weighted by Crippen LogP contribution is 2.43. The molecule has 2 atom stereocenters. The van der Waals surface area contributed by atoms with Gasteiger partial charge in [-0.15, -0.1) is 11.3 Å². The third kappa shape index (κ3) is 1.71. The fourth-order valence-corrected chi connectivity index (χ4v) is 3.84. The summed E-state index contributed by atoms with van der Waals surface area (Å²) in [4.78, 5) is 4.94. The van der Waals surface area contributed by atoms with Gasteiger partial charge in [0.25, 0.3) is 0 Å². The molecule has 0 bridgehead atoms. The standard InChI is InChI=1S/C13H19NOS/c1-9-7-13(15,8-14(9)11-4-5-11)12-6-3-10(2)16-12/h3,6,9,11,15H,4-5,7-8H2,1-2H3. The van der Waals surface area contributed by atoms with Crippen LogP contribution in [0.1, 0.15) is 35.9 Å². The number of β-amino-alcohol motifs (C(OH)–C–C–N with tert-alkyl or cyclic N) is 1. The van der Waals surface area contributed by atoms with Crippen molar-refractivity contribution < 1.29 is 5.11 Å². The van der Waals surface area contributed by atoms with Crippen molar-refractivity contribution in [3.63, 3.8) is 0 Å². The van der Waals surface area contributed by atoms with Crippen molar-refractivity contribution >= 4 is 11.3 Å². The van der Waals surface area contributed by atoms with Crippen molar-refractivity contribution in [2.75, 3.05) is 6.54 Å². The van der Waals surface area contributed by atoms with Crippen molar-refractivity contribution in [2.24, 2.45) is 0 Å². The molecule has 1 aliphatic heterocycles. The first-order valence-corrected chi connectivity index (χ1v) is 6.95. The predicted molar refractivity (Wildman–Crippen MR) is 66.8 cm³/mol. The number of hydrogen-bond donors (Lipinski definition) is 1. The second kappa shape index (κ2) is 3.56.